The van der Waals surface area contributed by atoms with Crippen molar-refractivity contribution in [1.29, 1.82) is 0 Å². The van der Waals surface area contributed by atoms with Gasteiger partial charge in [-0.3, -0.25) is 14.6 Å². The lowest BCUT2D eigenvalue weighted by Gasteiger charge is -2.20. The third kappa shape index (κ3) is 3.88. The second-order valence-corrected chi connectivity index (χ2v) is 4.01. The molecular formula is C10H16N4O7. The maximum absolute atomic E-state index is 11.7. The maximum atomic E-state index is 11.7. The summed E-state index contributed by atoms with van der Waals surface area (Å²) in [5, 5.41) is 38.6. The van der Waals surface area contributed by atoms with Crippen LogP contribution >= 0.6 is 0 Å². The van der Waals surface area contributed by atoms with Gasteiger partial charge in [0.15, 0.2) is 11.9 Å². The molecule has 0 aliphatic carbocycles. The number of nitrogens with two attached hydrogens (primary N) is 1. The number of H-pyrrole nitrogens is 1. The van der Waals surface area contributed by atoms with E-state index in [0.29, 0.717) is 0 Å². The van der Waals surface area contributed by atoms with Crippen LogP contribution in [0.15, 0.2) is 4.79 Å². The first-order valence-electron chi connectivity index (χ1n) is 5.71. The molecule has 1 amide bonds. The van der Waals surface area contributed by atoms with Crippen molar-refractivity contribution in [3.63, 3.8) is 0 Å². The van der Waals surface area contributed by atoms with E-state index in [1.165, 1.54) is 7.11 Å². The van der Waals surface area contributed by atoms with E-state index in [2.05, 4.69) is 14.7 Å². The van der Waals surface area contributed by atoms with Gasteiger partial charge in [-0.2, -0.15) is 4.98 Å². The fraction of sp³-hybridized carbons (Fsp3) is 0.500. The molecule has 0 radical (unpaired) electrons. The Balaban J connectivity index is 2.91. The topological polar surface area (TPSA) is 191 Å². The van der Waals surface area contributed by atoms with Crippen molar-refractivity contribution >= 4 is 17.4 Å². The van der Waals surface area contributed by atoms with Crippen molar-refractivity contribution < 1.29 is 30.0 Å². The minimum atomic E-state index is -2.09. The molecule has 0 unspecified atom stereocenters. The quantitative estimate of drug-likeness (QED) is 0.278. The molecule has 1 heterocycles. The van der Waals surface area contributed by atoms with Gasteiger partial charge in [0.25, 0.3) is 17.5 Å². The number of rotatable bonds is 6. The number of anilines is 2. The second-order valence-electron chi connectivity index (χ2n) is 4.01. The van der Waals surface area contributed by atoms with Crippen molar-refractivity contribution in [1.82, 2.24) is 9.97 Å². The zero-order valence-corrected chi connectivity index (χ0v) is 11.0. The molecule has 118 valence electrons. The molecule has 11 heteroatoms. The Morgan fingerprint density at radius 2 is 2.10 bits per heavy atom. The Morgan fingerprint density at radius 1 is 1.48 bits per heavy atom. The monoisotopic (exact) mass is 304 g/mol. The van der Waals surface area contributed by atoms with Crippen molar-refractivity contribution in [2.75, 3.05) is 24.8 Å². The van der Waals surface area contributed by atoms with Gasteiger partial charge in [-0.1, -0.05) is 0 Å². The van der Waals surface area contributed by atoms with Gasteiger partial charge >= 0.3 is 0 Å². The first kappa shape index (κ1) is 16.8. The number of aromatic nitrogens is 2. The van der Waals surface area contributed by atoms with E-state index < -0.39 is 42.1 Å². The minimum Gasteiger partial charge on any atom is -0.468 e. The number of hydrogen-bond acceptors (Lipinski definition) is 9. The average molecular weight is 304 g/mol. The van der Waals surface area contributed by atoms with E-state index in [0.717, 1.165) is 0 Å². The molecule has 3 atom stereocenters. The number of hydrogen-bond donors (Lipinski definition) is 7. The molecule has 0 aliphatic rings. The highest BCUT2D eigenvalue weighted by Gasteiger charge is 2.30. The largest absolute Gasteiger partial charge is 0.468 e. The molecule has 8 N–H and O–H groups in total. The van der Waals surface area contributed by atoms with Crippen LogP contribution in [0.2, 0.25) is 0 Å². The predicted molar refractivity (Wildman–Crippen MR) is 69.6 cm³/mol. The fourth-order valence-electron chi connectivity index (χ4n) is 1.36. The molecule has 0 saturated heterocycles. The summed E-state index contributed by atoms with van der Waals surface area (Å²) in [5.41, 5.74) is 4.16. The molecule has 0 aliphatic heterocycles. The number of nitrogens with zero attached hydrogens (tertiary/aromatic N) is 1. The summed E-state index contributed by atoms with van der Waals surface area (Å²) in [4.78, 5) is 29.1. The number of aromatic amines is 1. The molecule has 0 aromatic carbocycles. The van der Waals surface area contributed by atoms with Gasteiger partial charge in [-0.25, -0.2) is 0 Å². The van der Waals surface area contributed by atoms with Crippen molar-refractivity contribution in [3.8, 4) is 6.01 Å². The lowest BCUT2D eigenvalue weighted by molar-refractivity contribution is -0.137. The molecule has 0 saturated carbocycles. The Morgan fingerprint density at radius 3 is 2.57 bits per heavy atom. The van der Waals surface area contributed by atoms with Crippen LogP contribution in [0, 0.1) is 0 Å². The number of nitrogen functional groups attached to an aromatic ring is 1. The highest BCUT2D eigenvalue weighted by molar-refractivity contribution is 5.96. The van der Waals surface area contributed by atoms with E-state index in [-0.39, 0.29) is 11.8 Å². The summed E-state index contributed by atoms with van der Waals surface area (Å²) in [6.45, 7) is -0.863. The third-order valence-electron chi connectivity index (χ3n) is 2.54. The van der Waals surface area contributed by atoms with Crippen LogP contribution in [-0.4, -0.2) is 68.3 Å². The zero-order valence-electron chi connectivity index (χ0n) is 11.0. The van der Waals surface area contributed by atoms with E-state index in [9.17, 15) is 19.8 Å². The van der Waals surface area contributed by atoms with Gasteiger partial charge in [0.2, 0.25) is 0 Å². The molecule has 1 aromatic heterocycles. The maximum Gasteiger partial charge on any atom is 0.298 e. The fourth-order valence-corrected chi connectivity index (χ4v) is 1.36. The van der Waals surface area contributed by atoms with Crippen LogP contribution in [-0.2, 0) is 4.79 Å². The van der Waals surface area contributed by atoms with Gasteiger partial charge in [0.05, 0.1) is 13.7 Å². The van der Waals surface area contributed by atoms with Gasteiger partial charge in [0.1, 0.15) is 17.9 Å². The minimum absolute atomic E-state index is 0.174. The summed E-state index contributed by atoms with van der Waals surface area (Å²) in [6, 6.07) is -0.174. The first-order chi connectivity index (χ1) is 9.81. The first-order valence-corrected chi connectivity index (χ1v) is 5.71. The van der Waals surface area contributed by atoms with E-state index >= 15 is 0 Å². The SMILES string of the molecule is COc1nc(N)c(NC(=O)[C@H](O)[C@@H](O)[C@@H](O)CO)c(=O)[nH]1. The number of ether oxygens (including phenoxy) is 1. The number of aliphatic hydroxyl groups is 4. The van der Waals surface area contributed by atoms with Gasteiger partial charge in [-0.05, 0) is 0 Å². The Bertz CT molecular complexity index is 561. The van der Waals surface area contributed by atoms with E-state index in [1.807, 2.05) is 5.32 Å². The smallest absolute Gasteiger partial charge is 0.298 e. The Hall–Kier alpha value is -2.21. The number of nitrogens with one attached hydrogen (secondary N) is 2. The Kier molecular flexibility index (Phi) is 5.60. The van der Waals surface area contributed by atoms with E-state index in [4.69, 9.17) is 15.9 Å². The third-order valence-corrected chi connectivity index (χ3v) is 2.54. The summed E-state index contributed by atoms with van der Waals surface area (Å²) in [5.74, 6) is -1.58. The number of aliphatic hydroxyl groups excluding tert-OH is 4. The number of methoxy groups -OCH3 is 1. The van der Waals surface area contributed by atoms with Crippen LogP contribution in [0.1, 0.15) is 0 Å². The molecule has 11 nitrogen and oxygen atoms in total. The zero-order chi connectivity index (χ0) is 16.2. The predicted octanol–water partition coefficient (Wildman–Crippen LogP) is -3.63. The van der Waals surface area contributed by atoms with Crippen LogP contribution in [0.25, 0.3) is 0 Å². The number of amides is 1. The standard InChI is InChI=1S/C10H16N4O7/c1-21-10-13-7(11)4(8(19)14-10)12-9(20)6(18)5(17)3(16)2-15/h3,5-6,15-18H,2H2,1H3,(H,12,20)(H3,11,13,14,19)/t3-,5-,6+/m0/s1. The lowest BCUT2D eigenvalue weighted by Crippen LogP contribution is -2.46. The highest BCUT2D eigenvalue weighted by Crippen LogP contribution is 2.13. The summed E-state index contributed by atoms with van der Waals surface area (Å²) < 4.78 is 4.66. The van der Waals surface area contributed by atoms with Gasteiger partial charge in [-0.15, -0.1) is 0 Å². The molecular weight excluding hydrogens is 288 g/mol. The van der Waals surface area contributed by atoms with Crippen molar-refractivity contribution in [2.24, 2.45) is 0 Å². The van der Waals surface area contributed by atoms with Crippen LogP contribution in [0.3, 0.4) is 0 Å². The average Bonchev–Trinajstić information content (AvgIpc) is 2.47. The summed E-state index contributed by atoms with van der Waals surface area (Å²) in [6.07, 6.45) is -5.76. The highest BCUT2D eigenvalue weighted by atomic mass is 16.5. The van der Waals surface area contributed by atoms with Crippen LogP contribution < -0.4 is 21.3 Å². The summed E-state index contributed by atoms with van der Waals surface area (Å²) in [7, 11) is 1.24. The number of carbonyl (C=O) groups excluding carboxylic acids is 1. The molecule has 0 fully saturated rings. The van der Waals surface area contributed by atoms with Crippen molar-refractivity contribution in [3.05, 3.63) is 10.4 Å². The lowest BCUT2D eigenvalue weighted by atomic mass is 10.1. The normalized spacial score (nSPS) is 15.1. The summed E-state index contributed by atoms with van der Waals surface area (Å²) >= 11 is 0. The molecule has 0 bridgehead atoms. The van der Waals surface area contributed by atoms with Crippen LogP contribution in [0.5, 0.6) is 6.01 Å². The molecule has 21 heavy (non-hydrogen) atoms. The van der Waals surface area contributed by atoms with Gasteiger partial charge in [0, 0.05) is 0 Å². The van der Waals surface area contributed by atoms with Crippen LogP contribution in [0.4, 0.5) is 11.5 Å². The second kappa shape index (κ2) is 6.99. The molecule has 1 rings (SSSR count). The van der Waals surface area contributed by atoms with Gasteiger partial charge < -0.3 is 36.2 Å². The molecule has 0 spiro atoms. The Labute approximate surface area is 118 Å². The van der Waals surface area contributed by atoms with Crippen molar-refractivity contribution in [2.45, 2.75) is 18.3 Å². The van der Waals surface area contributed by atoms with E-state index in [1.54, 1.807) is 0 Å². The number of carbonyl (C=O) groups is 1. The molecule has 1 aromatic rings.